The normalized spacial score (nSPS) is 14.0. The molecule has 0 N–H and O–H groups in total. The largest absolute Gasteiger partial charge is 0.451 e. The summed E-state index contributed by atoms with van der Waals surface area (Å²) in [5.74, 6) is -1.51. The molecule has 0 spiro atoms. The van der Waals surface area contributed by atoms with Crippen LogP contribution in [0.1, 0.15) is 45.2 Å². The van der Waals surface area contributed by atoms with Gasteiger partial charge in [-0.1, -0.05) is 24.3 Å². The molecule has 1 aliphatic rings. The van der Waals surface area contributed by atoms with Crippen LogP contribution < -0.4 is 4.74 Å². The smallest absolute Gasteiger partial charge is 0.387 e. The van der Waals surface area contributed by atoms with Crippen molar-refractivity contribution < 1.29 is 27.8 Å². The maximum atomic E-state index is 12.5. The Morgan fingerprint density at radius 1 is 1.04 bits per heavy atom. The number of rotatable bonds is 6. The van der Waals surface area contributed by atoms with E-state index in [0.29, 0.717) is 5.56 Å². The number of benzene rings is 2. The summed E-state index contributed by atoms with van der Waals surface area (Å²) in [5.41, 5.74) is 2.71. The highest BCUT2D eigenvalue weighted by Crippen LogP contribution is 2.25. The van der Waals surface area contributed by atoms with Gasteiger partial charge in [0.25, 0.3) is 0 Å². The fraction of sp³-hybridized carbons (Fsp3) is 0.300. The zero-order chi connectivity index (χ0) is 18.7. The number of hydrogen-bond acceptors (Lipinski definition) is 4. The molecule has 0 radical (unpaired) electrons. The van der Waals surface area contributed by atoms with E-state index in [0.717, 1.165) is 24.8 Å². The van der Waals surface area contributed by atoms with Gasteiger partial charge in [-0.25, -0.2) is 4.79 Å². The molecule has 136 valence electrons. The summed E-state index contributed by atoms with van der Waals surface area (Å²) < 4.78 is 34.4. The minimum Gasteiger partial charge on any atom is -0.451 e. The Morgan fingerprint density at radius 2 is 1.77 bits per heavy atom. The molecule has 0 amide bonds. The average Bonchev–Trinajstić information content (AvgIpc) is 3.08. The molecule has 3 rings (SSSR count). The first-order chi connectivity index (χ1) is 12.5. The molecule has 0 bridgehead atoms. The lowest BCUT2D eigenvalue weighted by Crippen LogP contribution is -2.25. The first-order valence-electron chi connectivity index (χ1n) is 8.36. The Hall–Kier alpha value is -2.76. The number of halogens is 2. The van der Waals surface area contributed by atoms with Gasteiger partial charge in [0.15, 0.2) is 6.10 Å². The molecule has 0 heterocycles. The van der Waals surface area contributed by atoms with Crippen LogP contribution in [0.25, 0.3) is 0 Å². The third-order valence-electron chi connectivity index (χ3n) is 4.36. The lowest BCUT2D eigenvalue weighted by molar-refractivity contribution is -0.0505. The summed E-state index contributed by atoms with van der Waals surface area (Å²) in [6.07, 6.45) is 1.97. The van der Waals surface area contributed by atoms with Crippen molar-refractivity contribution in [2.45, 2.75) is 38.9 Å². The van der Waals surface area contributed by atoms with Crippen LogP contribution in [0.5, 0.6) is 5.75 Å². The van der Waals surface area contributed by atoms with Crippen LogP contribution in [0.4, 0.5) is 8.78 Å². The number of alkyl halides is 2. The maximum Gasteiger partial charge on any atom is 0.387 e. The standard InChI is InChI=1S/C20H18F2O4/c1-12(18(23)15-10-9-13-5-4-6-14(13)11-15)25-19(24)16-7-2-3-8-17(16)26-20(21)22/h2-3,7-12,20H,4-6H2,1H3. The molecule has 0 aromatic heterocycles. The summed E-state index contributed by atoms with van der Waals surface area (Å²) >= 11 is 0. The van der Waals surface area contributed by atoms with Gasteiger partial charge in [-0.05, 0) is 55.5 Å². The molecule has 0 fully saturated rings. The first kappa shape index (κ1) is 18.0. The summed E-state index contributed by atoms with van der Waals surface area (Å²) in [6, 6.07) is 11.0. The van der Waals surface area contributed by atoms with Gasteiger partial charge in [0.1, 0.15) is 11.3 Å². The predicted molar refractivity (Wildman–Crippen MR) is 90.7 cm³/mol. The Kier molecular flexibility index (Phi) is 5.30. The van der Waals surface area contributed by atoms with Gasteiger partial charge in [-0.2, -0.15) is 8.78 Å². The molecule has 6 heteroatoms. The van der Waals surface area contributed by atoms with E-state index in [1.807, 2.05) is 12.1 Å². The second-order valence-corrected chi connectivity index (χ2v) is 6.12. The van der Waals surface area contributed by atoms with Gasteiger partial charge in [-0.15, -0.1) is 0 Å². The molecule has 0 saturated carbocycles. The number of hydrogen-bond donors (Lipinski definition) is 0. The molecule has 2 aromatic carbocycles. The second kappa shape index (κ2) is 7.64. The number of carbonyl (C=O) groups is 2. The molecule has 4 nitrogen and oxygen atoms in total. The van der Waals surface area contributed by atoms with Crippen LogP contribution in [-0.2, 0) is 17.6 Å². The van der Waals surface area contributed by atoms with Crippen molar-refractivity contribution in [2.24, 2.45) is 0 Å². The lowest BCUT2D eigenvalue weighted by Gasteiger charge is -2.15. The van der Waals surface area contributed by atoms with Crippen molar-refractivity contribution in [3.05, 3.63) is 64.7 Å². The molecular formula is C20H18F2O4. The molecule has 1 aliphatic carbocycles. The van der Waals surface area contributed by atoms with E-state index < -0.39 is 18.7 Å². The van der Waals surface area contributed by atoms with Crippen LogP contribution in [-0.4, -0.2) is 24.5 Å². The van der Waals surface area contributed by atoms with Crippen molar-refractivity contribution in [2.75, 3.05) is 0 Å². The van der Waals surface area contributed by atoms with E-state index in [4.69, 9.17) is 4.74 Å². The molecule has 26 heavy (non-hydrogen) atoms. The van der Waals surface area contributed by atoms with E-state index in [2.05, 4.69) is 4.74 Å². The third-order valence-corrected chi connectivity index (χ3v) is 4.36. The first-order valence-corrected chi connectivity index (χ1v) is 8.36. The highest BCUT2D eigenvalue weighted by Gasteiger charge is 2.24. The molecule has 0 saturated heterocycles. The van der Waals surface area contributed by atoms with Gasteiger partial charge in [0.2, 0.25) is 5.78 Å². The molecule has 2 aromatic rings. The highest BCUT2D eigenvalue weighted by molar-refractivity contribution is 6.02. The zero-order valence-electron chi connectivity index (χ0n) is 14.2. The van der Waals surface area contributed by atoms with Gasteiger partial charge >= 0.3 is 12.6 Å². The van der Waals surface area contributed by atoms with E-state index >= 15 is 0 Å². The zero-order valence-corrected chi connectivity index (χ0v) is 14.2. The predicted octanol–water partition coefficient (Wildman–Crippen LogP) is 4.20. The van der Waals surface area contributed by atoms with E-state index in [1.165, 1.54) is 36.8 Å². The fourth-order valence-corrected chi connectivity index (χ4v) is 3.07. The quantitative estimate of drug-likeness (QED) is 0.572. The number of Topliss-reactive ketones (excluding diaryl/α,β-unsaturated/α-hetero) is 1. The Balaban J connectivity index is 1.72. The number of fused-ring (bicyclic) bond motifs is 1. The van der Waals surface area contributed by atoms with E-state index in [9.17, 15) is 18.4 Å². The Morgan fingerprint density at radius 3 is 2.54 bits per heavy atom. The van der Waals surface area contributed by atoms with Gasteiger partial charge in [0.05, 0.1) is 0 Å². The summed E-state index contributed by atoms with van der Waals surface area (Å²) in [7, 11) is 0. The monoisotopic (exact) mass is 360 g/mol. The number of carbonyl (C=O) groups excluding carboxylic acids is 2. The van der Waals surface area contributed by atoms with Crippen LogP contribution in [0.3, 0.4) is 0 Å². The minimum absolute atomic E-state index is 0.151. The van der Waals surface area contributed by atoms with Crippen molar-refractivity contribution >= 4 is 11.8 Å². The van der Waals surface area contributed by atoms with Crippen molar-refractivity contribution in [1.82, 2.24) is 0 Å². The minimum atomic E-state index is -3.06. The van der Waals surface area contributed by atoms with Crippen molar-refractivity contribution in [3.63, 3.8) is 0 Å². The number of ketones is 1. The Bertz CT molecular complexity index is 832. The summed E-state index contributed by atoms with van der Waals surface area (Å²) in [6.45, 7) is -1.60. The lowest BCUT2D eigenvalue weighted by atomic mass is 10.0. The van der Waals surface area contributed by atoms with E-state index in [1.54, 1.807) is 6.07 Å². The van der Waals surface area contributed by atoms with E-state index in [-0.39, 0.29) is 17.1 Å². The van der Waals surface area contributed by atoms with Crippen molar-refractivity contribution in [1.29, 1.82) is 0 Å². The molecule has 1 atom stereocenters. The molecule has 1 unspecified atom stereocenters. The van der Waals surface area contributed by atoms with Crippen LogP contribution >= 0.6 is 0 Å². The van der Waals surface area contributed by atoms with Gasteiger partial charge < -0.3 is 9.47 Å². The molecule has 0 aliphatic heterocycles. The number of aryl methyl sites for hydroxylation is 2. The number of para-hydroxylation sites is 1. The number of ether oxygens (including phenoxy) is 2. The summed E-state index contributed by atoms with van der Waals surface area (Å²) in [4.78, 5) is 24.8. The van der Waals surface area contributed by atoms with Crippen LogP contribution in [0, 0.1) is 0 Å². The van der Waals surface area contributed by atoms with Crippen LogP contribution in [0.15, 0.2) is 42.5 Å². The average molecular weight is 360 g/mol. The van der Waals surface area contributed by atoms with Crippen LogP contribution in [0.2, 0.25) is 0 Å². The fourth-order valence-electron chi connectivity index (χ4n) is 3.07. The maximum absolute atomic E-state index is 12.5. The second-order valence-electron chi connectivity index (χ2n) is 6.12. The molecular weight excluding hydrogens is 342 g/mol. The topological polar surface area (TPSA) is 52.6 Å². The number of esters is 1. The van der Waals surface area contributed by atoms with Crippen molar-refractivity contribution in [3.8, 4) is 5.75 Å². The Labute approximate surface area is 149 Å². The highest BCUT2D eigenvalue weighted by atomic mass is 19.3. The summed E-state index contributed by atoms with van der Waals surface area (Å²) in [5, 5.41) is 0. The SMILES string of the molecule is CC(OC(=O)c1ccccc1OC(F)F)C(=O)c1ccc2c(c1)CCC2. The third kappa shape index (κ3) is 3.90. The van der Waals surface area contributed by atoms with Gasteiger partial charge in [-0.3, -0.25) is 4.79 Å². The van der Waals surface area contributed by atoms with Gasteiger partial charge in [0, 0.05) is 5.56 Å².